The minimum atomic E-state index is 0.862. The number of hydrogen-bond acceptors (Lipinski definition) is 1. The Morgan fingerprint density at radius 1 is 1.00 bits per heavy atom. The summed E-state index contributed by atoms with van der Waals surface area (Å²) in [5.41, 5.74) is 4.78. The number of aromatic nitrogens is 2. The number of para-hydroxylation sites is 2. The van der Waals surface area contributed by atoms with Gasteiger partial charge in [0.05, 0.1) is 11.0 Å². The van der Waals surface area contributed by atoms with Gasteiger partial charge in [0.1, 0.15) is 5.82 Å². The van der Waals surface area contributed by atoms with Crippen molar-refractivity contribution in [2.75, 3.05) is 0 Å². The Balaban J connectivity index is 1.98. The van der Waals surface area contributed by atoms with E-state index in [-0.39, 0.29) is 0 Å². The summed E-state index contributed by atoms with van der Waals surface area (Å²) < 4.78 is 0. The third kappa shape index (κ3) is 1.94. The molecule has 0 bridgehead atoms. The molecule has 0 aliphatic rings. The number of H-pyrrole nitrogens is 1. The molecule has 0 fully saturated rings. The quantitative estimate of drug-likeness (QED) is 0.706. The molecule has 3 aromatic rings. The van der Waals surface area contributed by atoms with Gasteiger partial charge in [0.2, 0.25) is 0 Å². The number of nitrogens with zero attached hydrogens (tertiary/aromatic N) is 1. The molecule has 0 aliphatic carbocycles. The van der Waals surface area contributed by atoms with Crippen LogP contribution in [0.3, 0.4) is 0 Å². The third-order valence-corrected chi connectivity index (χ3v) is 3.06. The van der Waals surface area contributed by atoms with Crippen LogP contribution in [0.1, 0.15) is 17.0 Å². The number of aryl methyl sites for hydroxylation is 1. The summed E-state index contributed by atoms with van der Waals surface area (Å²) in [4.78, 5) is 7.95. The zero-order valence-electron chi connectivity index (χ0n) is 9.77. The molecular formula is C15H14N2. The number of imidazole rings is 1. The SMILES string of the molecule is Cc1ccccc1Cc1nc2ccccc2[nH]1. The van der Waals surface area contributed by atoms with Gasteiger partial charge in [-0.25, -0.2) is 4.98 Å². The average molecular weight is 222 g/mol. The van der Waals surface area contributed by atoms with Crippen molar-refractivity contribution in [3.63, 3.8) is 0 Å². The standard InChI is InChI=1S/C15H14N2/c1-11-6-2-3-7-12(11)10-15-16-13-8-4-5-9-14(13)17-15/h2-9H,10H2,1H3,(H,16,17). The highest BCUT2D eigenvalue weighted by Crippen LogP contribution is 2.15. The van der Waals surface area contributed by atoms with Crippen molar-refractivity contribution in [1.82, 2.24) is 9.97 Å². The van der Waals surface area contributed by atoms with E-state index >= 15 is 0 Å². The van der Waals surface area contributed by atoms with Gasteiger partial charge >= 0.3 is 0 Å². The summed E-state index contributed by atoms with van der Waals surface area (Å²) in [7, 11) is 0. The average Bonchev–Trinajstić information content (AvgIpc) is 2.74. The van der Waals surface area contributed by atoms with E-state index in [1.165, 1.54) is 11.1 Å². The lowest BCUT2D eigenvalue weighted by atomic mass is 10.1. The van der Waals surface area contributed by atoms with Crippen molar-refractivity contribution >= 4 is 11.0 Å². The second-order valence-electron chi connectivity index (χ2n) is 4.30. The summed E-state index contributed by atoms with van der Waals surface area (Å²) in [6.45, 7) is 2.14. The number of aromatic amines is 1. The van der Waals surface area contributed by atoms with Crippen molar-refractivity contribution in [2.24, 2.45) is 0 Å². The van der Waals surface area contributed by atoms with Crippen LogP contribution in [0.2, 0.25) is 0 Å². The molecule has 84 valence electrons. The molecule has 0 spiro atoms. The van der Waals surface area contributed by atoms with Gasteiger partial charge in [-0.15, -0.1) is 0 Å². The van der Waals surface area contributed by atoms with Gasteiger partial charge in [0.25, 0.3) is 0 Å². The Morgan fingerprint density at radius 2 is 1.76 bits per heavy atom. The number of fused-ring (bicyclic) bond motifs is 1. The lowest BCUT2D eigenvalue weighted by Crippen LogP contribution is -1.93. The van der Waals surface area contributed by atoms with Crippen molar-refractivity contribution in [2.45, 2.75) is 13.3 Å². The molecule has 0 saturated heterocycles. The molecule has 0 saturated carbocycles. The van der Waals surface area contributed by atoms with E-state index < -0.39 is 0 Å². The molecular weight excluding hydrogens is 208 g/mol. The molecule has 17 heavy (non-hydrogen) atoms. The molecule has 2 heteroatoms. The first-order chi connectivity index (χ1) is 8.33. The topological polar surface area (TPSA) is 28.7 Å². The smallest absolute Gasteiger partial charge is 0.111 e. The normalized spacial score (nSPS) is 10.9. The maximum atomic E-state index is 4.59. The van der Waals surface area contributed by atoms with Gasteiger partial charge in [-0.3, -0.25) is 0 Å². The van der Waals surface area contributed by atoms with Crippen LogP contribution in [-0.4, -0.2) is 9.97 Å². The Morgan fingerprint density at radius 3 is 2.59 bits per heavy atom. The maximum absolute atomic E-state index is 4.59. The molecule has 0 atom stereocenters. The van der Waals surface area contributed by atoms with E-state index in [0.29, 0.717) is 0 Å². The minimum Gasteiger partial charge on any atom is -0.342 e. The van der Waals surface area contributed by atoms with E-state index in [0.717, 1.165) is 23.3 Å². The molecule has 1 N–H and O–H groups in total. The Hall–Kier alpha value is -2.09. The number of benzene rings is 2. The van der Waals surface area contributed by atoms with Crippen LogP contribution in [0.25, 0.3) is 11.0 Å². The van der Waals surface area contributed by atoms with Gasteiger partial charge in [-0.2, -0.15) is 0 Å². The fraction of sp³-hybridized carbons (Fsp3) is 0.133. The molecule has 2 nitrogen and oxygen atoms in total. The van der Waals surface area contributed by atoms with Crippen LogP contribution in [0.5, 0.6) is 0 Å². The first kappa shape index (κ1) is 10.1. The minimum absolute atomic E-state index is 0.862. The number of rotatable bonds is 2. The van der Waals surface area contributed by atoms with Crippen LogP contribution >= 0.6 is 0 Å². The molecule has 2 aromatic carbocycles. The van der Waals surface area contributed by atoms with E-state index in [9.17, 15) is 0 Å². The molecule has 0 amide bonds. The van der Waals surface area contributed by atoms with Gasteiger partial charge in [-0.1, -0.05) is 36.4 Å². The summed E-state index contributed by atoms with van der Waals surface area (Å²) in [6.07, 6.45) is 0.862. The van der Waals surface area contributed by atoms with Gasteiger partial charge in [0.15, 0.2) is 0 Å². The van der Waals surface area contributed by atoms with Gasteiger partial charge in [-0.05, 0) is 30.2 Å². The van der Waals surface area contributed by atoms with E-state index in [1.54, 1.807) is 0 Å². The van der Waals surface area contributed by atoms with Crippen LogP contribution < -0.4 is 0 Å². The predicted octanol–water partition coefficient (Wildman–Crippen LogP) is 3.46. The Kier molecular flexibility index (Phi) is 2.41. The van der Waals surface area contributed by atoms with Crippen LogP contribution in [0.4, 0.5) is 0 Å². The highest BCUT2D eigenvalue weighted by atomic mass is 14.9. The van der Waals surface area contributed by atoms with E-state index in [2.05, 4.69) is 47.2 Å². The Bertz CT molecular complexity index is 620. The van der Waals surface area contributed by atoms with Crippen molar-refractivity contribution < 1.29 is 0 Å². The maximum Gasteiger partial charge on any atom is 0.111 e. The zero-order valence-corrected chi connectivity index (χ0v) is 9.77. The molecule has 1 aromatic heterocycles. The molecule has 0 radical (unpaired) electrons. The van der Waals surface area contributed by atoms with Gasteiger partial charge < -0.3 is 4.98 Å². The van der Waals surface area contributed by atoms with E-state index in [1.807, 2.05) is 18.2 Å². The summed E-state index contributed by atoms with van der Waals surface area (Å²) in [6, 6.07) is 16.6. The van der Waals surface area contributed by atoms with Crippen LogP contribution in [0.15, 0.2) is 48.5 Å². The predicted molar refractivity (Wildman–Crippen MR) is 70.1 cm³/mol. The lowest BCUT2D eigenvalue weighted by molar-refractivity contribution is 1.03. The highest BCUT2D eigenvalue weighted by molar-refractivity contribution is 5.74. The van der Waals surface area contributed by atoms with Crippen molar-refractivity contribution in [3.8, 4) is 0 Å². The number of nitrogens with one attached hydrogen (secondary N) is 1. The first-order valence-electron chi connectivity index (χ1n) is 5.81. The molecule has 0 aliphatic heterocycles. The molecule has 0 unspecified atom stereocenters. The molecule has 1 heterocycles. The van der Waals surface area contributed by atoms with Gasteiger partial charge in [0, 0.05) is 6.42 Å². The fourth-order valence-corrected chi connectivity index (χ4v) is 2.08. The lowest BCUT2D eigenvalue weighted by Gasteiger charge is -2.02. The zero-order chi connectivity index (χ0) is 11.7. The molecule has 3 rings (SSSR count). The highest BCUT2D eigenvalue weighted by Gasteiger charge is 2.04. The monoisotopic (exact) mass is 222 g/mol. The van der Waals surface area contributed by atoms with Crippen LogP contribution in [0, 0.1) is 6.92 Å². The second-order valence-corrected chi connectivity index (χ2v) is 4.30. The summed E-state index contributed by atoms with van der Waals surface area (Å²) in [5, 5.41) is 0. The number of hydrogen-bond donors (Lipinski definition) is 1. The largest absolute Gasteiger partial charge is 0.342 e. The second kappa shape index (κ2) is 4.06. The summed E-state index contributed by atoms with van der Waals surface area (Å²) >= 11 is 0. The fourth-order valence-electron chi connectivity index (χ4n) is 2.08. The van der Waals surface area contributed by atoms with Crippen molar-refractivity contribution in [3.05, 3.63) is 65.5 Å². The Labute approximate surface area is 100 Å². The van der Waals surface area contributed by atoms with E-state index in [4.69, 9.17) is 0 Å². The first-order valence-corrected chi connectivity index (χ1v) is 5.81. The van der Waals surface area contributed by atoms with Crippen LogP contribution in [-0.2, 0) is 6.42 Å². The summed E-state index contributed by atoms with van der Waals surface area (Å²) in [5.74, 6) is 1.03. The van der Waals surface area contributed by atoms with Crippen molar-refractivity contribution in [1.29, 1.82) is 0 Å². The third-order valence-electron chi connectivity index (χ3n) is 3.06.